The zero-order chi connectivity index (χ0) is 7.45. The lowest BCUT2D eigenvalue weighted by Crippen LogP contribution is -2.29. The summed E-state index contributed by atoms with van der Waals surface area (Å²) in [6, 6.07) is 2.02. The minimum Gasteiger partial charge on any atom is -0.381 e. The van der Waals surface area contributed by atoms with Crippen LogP contribution < -0.4 is 0 Å². The molecule has 1 fully saturated rings. The Balaban J connectivity index is 2.63. The third kappa shape index (κ3) is 1.17. The number of carbonyl (C=O) groups excluding carboxylic acids is 1. The Morgan fingerprint density at radius 3 is 2.40 bits per heavy atom. The molecule has 1 rings (SSSR count). The molecule has 0 unspecified atom stereocenters. The molecule has 1 saturated heterocycles. The lowest BCUT2D eigenvalue weighted by Gasteiger charge is -2.24. The van der Waals surface area contributed by atoms with E-state index in [4.69, 9.17) is 10.00 Å². The molecule has 0 bridgehead atoms. The first kappa shape index (κ1) is 7.23. The van der Waals surface area contributed by atoms with E-state index < -0.39 is 5.41 Å². The highest BCUT2D eigenvalue weighted by Gasteiger charge is 2.31. The molecule has 0 saturated carbocycles. The zero-order valence-corrected chi connectivity index (χ0v) is 5.67. The number of ether oxygens (including phenoxy) is 1. The van der Waals surface area contributed by atoms with Crippen molar-refractivity contribution in [3.63, 3.8) is 0 Å². The summed E-state index contributed by atoms with van der Waals surface area (Å²) in [5, 5.41) is 8.60. The van der Waals surface area contributed by atoms with Crippen LogP contribution in [-0.4, -0.2) is 19.5 Å². The highest BCUT2D eigenvalue weighted by molar-refractivity contribution is 5.63. The van der Waals surface area contributed by atoms with Crippen LogP contribution in [-0.2, 0) is 9.53 Å². The van der Waals surface area contributed by atoms with Crippen molar-refractivity contribution >= 4 is 6.29 Å². The molecule has 0 aromatic carbocycles. The van der Waals surface area contributed by atoms with Crippen molar-refractivity contribution in [3.8, 4) is 6.07 Å². The quantitative estimate of drug-likeness (QED) is 0.497. The molecule has 10 heavy (non-hydrogen) atoms. The van der Waals surface area contributed by atoms with Crippen molar-refractivity contribution in [2.45, 2.75) is 12.8 Å². The van der Waals surface area contributed by atoms with E-state index in [9.17, 15) is 4.79 Å². The van der Waals surface area contributed by atoms with Gasteiger partial charge in [-0.1, -0.05) is 0 Å². The maximum Gasteiger partial charge on any atom is 0.140 e. The van der Waals surface area contributed by atoms with E-state index in [1.165, 1.54) is 0 Å². The number of hydrogen-bond acceptors (Lipinski definition) is 3. The van der Waals surface area contributed by atoms with Gasteiger partial charge in [0.15, 0.2) is 0 Å². The summed E-state index contributed by atoms with van der Waals surface area (Å²) in [4.78, 5) is 10.4. The number of carbonyl (C=O) groups is 1. The van der Waals surface area contributed by atoms with Gasteiger partial charge < -0.3 is 9.53 Å². The van der Waals surface area contributed by atoms with Gasteiger partial charge >= 0.3 is 0 Å². The fourth-order valence-corrected chi connectivity index (χ4v) is 0.992. The predicted molar refractivity (Wildman–Crippen MR) is 34.2 cm³/mol. The van der Waals surface area contributed by atoms with Crippen molar-refractivity contribution in [3.05, 3.63) is 0 Å². The Morgan fingerprint density at radius 1 is 1.50 bits per heavy atom. The van der Waals surface area contributed by atoms with Gasteiger partial charge in [0.05, 0.1) is 6.07 Å². The molecule has 0 atom stereocenters. The molecule has 3 nitrogen and oxygen atoms in total. The largest absolute Gasteiger partial charge is 0.381 e. The molecule has 3 heteroatoms. The Bertz CT molecular complexity index is 165. The van der Waals surface area contributed by atoms with Crippen LogP contribution in [0.25, 0.3) is 0 Å². The molecular formula is C7H9NO2. The molecule has 0 aromatic heterocycles. The van der Waals surface area contributed by atoms with Crippen LogP contribution >= 0.6 is 0 Å². The van der Waals surface area contributed by atoms with Crippen molar-refractivity contribution in [2.75, 3.05) is 13.2 Å². The number of nitriles is 1. The fourth-order valence-electron chi connectivity index (χ4n) is 0.992. The molecule has 0 amide bonds. The van der Waals surface area contributed by atoms with Gasteiger partial charge in [-0.3, -0.25) is 0 Å². The van der Waals surface area contributed by atoms with E-state index in [-0.39, 0.29) is 0 Å². The summed E-state index contributed by atoms with van der Waals surface area (Å²) in [6.45, 7) is 1.07. The first-order valence-corrected chi connectivity index (χ1v) is 3.28. The van der Waals surface area contributed by atoms with E-state index >= 15 is 0 Å². The number of nitrogens with zero attached hydrogens (tertiary/aromatic N) is 1. The third-order valence-corrected chi connectivity index (χ3v) is 1.83. The minimum atomic E-state index is -0.738. The van der Waals surface area contributed by atoms with E-state index in [0.717, 1.165) is 6.29 Å². The molecule has 1 aliphatic rings. The Labute approximate surface area is 59.6 Å². The predicted octanol–water partition coefficient (Wildman–Crippen LogP) is 0.506. The van der Waals surface area contributed by atoms with E-state index in [0.29, 0.717) is 26.1 Å². The van der Waals surface area contributed by atoms with Gasteiger partial charge in [0.2, 0.25) is 0 Å². The first-order chi connectivity index (χ1) is 4.83. The molecule has 1 aliphatic heterocycles. The second-order valence-corrected chi connectivity index (χ2v) is 2.50. The second kappa shape index (κ2) is 2.80. The van der Waals surface area contributed by atoms with Gasteiger partial charge in [-0.25, -0.2) is 0 Å². The van der Waals surface area contributed by atoms with Crippen molar-refractivity contribution in [1.82, 2.24) is 0 Å². The van der Waals surface area contributed by atoms with Gasteiger partial charge in [-0.2, -0.15) is 5.26 Å². The molecule has 0 spiro atoms. The molecule has 0 aromatic rings. The van der Waals surface area contributed by atoms with Crippen LogP contribution in [0.15, 0.2) is 0 Å². The standard InChI is InChI=1S/C7H9NO2/c8-5-7(6-9)1-3-10-4-2-7/h6H,1-4H2. The highest BCUT2D eigenvalue weighted by atomic mass is 16.5. The van der Waals surface area contributed by atoms with Crippen LogP contribution in [0.4, 0.5) is 0 Å². The van der Waals surface area contributed by atoms with Crippen LogP contribution in [0.1, 0.15) is 12.8 Å². The maximum atomic E-state index is 10.4. The second-order valence-electron chi connectivity index (χ2n) is 2.50. The average molecular weight is 139 g/mol. The van der Waals surface area contributed by atoms with Gasteiger partial charge in [0, 0.05) is 13.2 Å². The summed E-state index contributed by atoms with van der Waals surface area (Å²) in [6.07, 6.45) is 1.84. The van der Waals surface area contributed by atoms with Gasteiger partial charge in [0.1, 0.15) is 11.7 Å². The minimum absolute atomic E-state index is 0.534. The van der Waals surface area contributed by atoms with E-state index in [2.05, 4.69) is 0 Å². The van der Waals surface area contributed by atoms with Crippen molar-refractivity contribution in [1.29, 1.82) is 5.26 Å². The van der Waals surface area contributed by atoms with Crippen LogP contribution in [0.5, 0.6) is 0 Å². The lowest BCUT2D eigenvalue weighted by atomic mass is 9.84. The maximum absolute atomic E-state index is 10.4. The Morgan fingerprint density at radius 2 is 2.10 bits per heavy atom. The number of hydrogen-bond donors (Lipinski definition) is 0. The Kier molecular flexibility index (Phi) is 2.03. The topological polar surface area (TPSA) is 50.1 Å². The lowest BCUT2D eigenvalue weighted by molar-refractivity contribution is -0.117. The molecule has 0 aliphatic carbocycles. The van der Waals surface area contributed by atoms with Crippen LogP contribution in [0.2, 0.25) is 0 Å². The molecule has 54 valence electrons. The smallest absolute Gasteiger partial charge is 0.140 e. The Hall–Kier alpha value is -0.880. The summed E-state index contributed by atoms with van der Waals surface area (Å²) in [7, 11) is 0. The van der Waals surface area contributed by atoms with E-state index in [1.54, 1.807) is 0 Å². The van der Waals surface area contributed by atoms with Crippen molar-refractivity contribution in [2.24, 2.45) is 5.41 Å². The third-order valence-electron chi connectivity index (χ3n) is 1.83. The summed E-state index contributed by atoms with van der Waals surface area (Å²) in [5.74, 6) is 0. The van der Waals surface area contributed by atoms with Gasteiger partial charge in [-0.05, 0) is 12.8 Å². The summed E-state index contributed by atoms with van der Waals surface area (Å²) in [5.41, 5.74) is -0.738. The summed E-state index contributed by atoms with van der Waals surface area (Å²) >= 11 is 0. The molecular weight excluding hydrogens is 130 g/mol. The van der Waals surface area contributed by atoms with Crippen LogP contribution in [0.3, 0.4) is 0 Å². The SMILES string of the molecule is N#CC1(C=O)CCOCC1. The van der Waals surface area contributed by atoms with Gasteiger partial charge in [-0.15, -0.1) is 0 Å². The molecule has 0 radical (unpaired) electrons. The average Bonchev–Trinajstić information content (AvgIpc) is 2.06. The molecule has 1 heterocycles. The summed E-state index contributed by atoms with van der Waals surface area (Å²) < 4.78 is 5.02. The highest BCUT2D eigenvalue weighted by Crippen LogP contribution is 2.26. The number of rotatable bonds is 1. The van der Waals surface area contributed by atoms with Crippen molar-refractivity contribution < 1.29 is 9.53 Å². The number of aldehydes is 1. The monoisotopic (exact) mass is 139 g/mol. The molecule has 0 N–H and O–H groups in total. The fraction of sp³-hybridized carbons (Fsp3) is 0.714. The van der Waals surface area contributed by atoms with E-state index in [1.807, 2.05) is 6.07 Å². The van der Waals surface area contributed by atoms with Crippen LogP contribution in [0, 0.1) is 16.7 Å². The van der Waals surface area contributed by atoms with Gasteiger partial charge in [0.25, 0.3) is 0 Å². The first-order valence-electron chi connectivity index (χ1n) is 3.28. The normalized spacial score (nSPS) is 23.1. The zero-order valence-electron chi connectivity index (χ0n) is 5.67.